The highest BCUT2D eigenvalue weighted by Crippen LogP contribution is 2.33. The molecule has 0 bridgehead atoms. The van der Waals surface area contributed by atoms with Crippen molar-refractivity contribution in [3.8, 4) is 0 Å². The molecule has 1 aromatic rings. The minimum atomic E-state index is -0.353. The minimum absolute atomic E-state index is 0.103. The summed E-state index contributed by atoms with van der Waals surface area (Å²) in [5.41, 5.74) is 0.789. The standard InChI is InChI=1S/C14H20ClN3O2/c1-16-7-4-11-5-8-17(9-6-11)13-3-2-12(15)10-14(13)18(19)20/h2-3,10-11,16H,4-9H2,1H3. The van der Waals surface area contributed by atoms with Crippen molar-refractivity contribution in [1.29, 1.82) is 0 Å². The van der Waals surface area contributed by atoms with Gasteiger partial charge in [0.15, 0.2) is 0 Å². The summed E-state index contributed by atoms with van der Waals surface area (Å²) in [5.74, 6) is 0.713. The van der Waals surface area contributed by atoms with Crippen molar-refractivity contribution in [2.45, 2.75) is 19.3 Å². The normalized spacial score (nSPS) is 16.4. The van der Waals surface area contributed by atoms with Gasteiger partial charge in [0.25, 0.3) is 5.69 Å². The SMILES string of the molecule is CNCCC1CCN(c2ccc(Cl)cc2[N+](=O)[O-])CC1. The van der Waals surface area contributed by atoms with Crippen LogP contribution >= 0.6 is 11.6 Å². The molecule has 20 heavy (non-hydrogen) atoms. The number of nitrogens with zero attached hydrogens (tertiary/aromatic N) is 2. The fourth-order valence-corrected chi connectivity index (χ4v) is 2.89. The van der Waals surface area contributed by atoms with Gasteiger partial charge in [0, 0.05) is 24.2 Å². The Balaban J connectivity index is 2.05. The second kappa shape index (κ2) is 6.90. The lowest BCUT2D eigenvalue weighted by Gasteiger charge is -2.33. The molecule has 0 unspecified atom stereocenters. The first kappa shape index (κ1) is 15.1. The molecule has 0 aromatic heterocycles. The van der Waals surface area contributed by atoms with Gasteiger partial charge < -0.3 is 10.2 Å². The van der Waals surface area contributed by atoms with Crippen LogP contribution < -0.4 is 10.2 Å². The number of nitro groups is 1. The molecule has 0 atom stereocenters. The quantitative estimate of drug-likeness (QED) is 0.670. The zero-order valence-corrected chi connectivity index (χ0v) is 12.4. The molecule has 1 fully saturated rings. The number of hydrogen-bond acceptors (Lipinski definition) is 4. The van der Waals surface area contributed by atoms with E-state index in [0.29, 0.717) is 16.6 Å². The summed E-state index contributed by atoms with van der Waals surface area (Å²) >= 11 is 5.85. The van der Waals surface area contributed by atoms with Crippen molar-refractivity contribution in [3.05, 3.63) is 33.3 Å². The summed E-state index contributed by atoms with van der Waals surface area (Å²) in [6.07, 6.45) is 3.34. The Labute approximate surface area is 124 Å². The summed E-state index contributed by atoms with van der Waals surface area (Å²) in [6.45, 7) is 2.78. The van der Waals surface area contributed by atoms with Crippen LogP contribution in [0.4, 0.5) is 11.4 Å². The molecule has 6 heteroatoms. The Morgan fingerprint density at radius 1 is 1.45 bits per heavy atom. The van der Waals surface area contributed by atoms with Crippen molar-refractivity contribution in [1.82, 2.24) is 5.32 Å². The molecule has 5 nitrogen and oxygen atoms in total. The van der Waals surface area contributed by atoms with Crippen LogP contribution in [-0.4, -0.2) is 31.6 Å². The van der Waals surface area contributed by atoms with Crippen LogP contribution in [0, 0.1) is 16.0 Å². The molecule has 110 valence electrons. The number of nitro benzene ring substituents is 1. The number of hydrogen-bond donors (Lipinski definition) is 1. The molecule has 1 saturated heterocycles. The molecule has 1 aromatic carbocycles. The summed E-state index contributed by atoms with van der Waals surface area (Å²) in [6, 6.07) is 4.91. The van der Waals surface area contributed by atoms with E-state index in [1.807, 2.05) is 7.05 Å². The van der Waals surface area contributed by atoms with Crippen molar-refractivity contribution in [2.75, 3.05) is 31.6 Å². The largest absolute Gasteiger partial charge is 0.366 e. The lowest BCUT2D eigenvalue weighted by molar-refractivity contribution is -0.384. The molecule has 2 rings (SSSR count). The fourth-order valence-electron chi connectivity index (χ4n) is 2.72. The molecule has 0 aliphatic carbocycles. The summed E-state index contributed by atoms with van der Waals surface area (Å²) in [4.78, 5) is 12.9. The molecule has 1 N–H and O–H groups in total. The van der Waals surface area contributed by atoms with E-state index in [4.69, 9.17) is 11.6 Å². The van der Waals surface area contributed by atoms with Gasteiger partial charge in [-0.3, -0.25) is 10.1 Å². The monoisotopic (exact) mass is 297 g/mol. The van der Waals surface area contributed by atoms with Crippen molar-refractivity contribution >= 4 is 23.0 Å². The van der Waals surface area contributed by atoms with E-state index >= 15 is 0 Å². The number of piperidine rings is 1. The topological polar surface area (TPSA) is 58.4 Å². The maximum Gasteiger partial charge on any atom is 0.294 e. The van der Waals surface area contributed by atoms with Gasteiger partial charge in [0.05, 0.1) is 4.92 Å². The smallest absolute Gasteiger partial charge is 0.294 e. The van der Waals surface area contributed by atoms with Gasteiger partial charge in [-0.1, -0.05) is 11.6 Å². The highest BCUT2D eigenvalue weighted by Gasteiger charge is 2.24. The highest BCUT2D eigenvalue weighted by atomic mass is 35.5. The number of benzene rings is 1. The number of nitrogens with one attached hydrogen (secondary N) is 1. The summed E-state index contributed by atoms with van der Waals surface area (Å²) in [7, 11) is 1.96. The predicted octanol–water partition coefficient (Wildman–Crippen LogP) is 3.07. The first-order chi connectivity index (χ1) is 9.61. The van der Waals surface area contributed by atoms with E-state index in [1.54, 1.807) is 12.1 Å². The fraction of sp³-hybridized carbons (Fsp3) is 0.571. The first-order valence-corrected chi connectivity index (χ1v) is 7.33. The van der Waals surface area contributed by atoms with Gasteiger partial charge in [0.1, 0.15) is 5.69 Å². The summed E-state index contributed by atoms with van der Waals surface area (Å²) < 4.78 is 0. The van der Waals surface area contributed by atoms with E-state index in [1.165, 1.54) is 12.5 Å². The first-order valence-electron chi connectivity index (χ1n) is 6.95. The van der Waals surface area contributed by atoms with Crippen LogP contribution in [0.25, 0.3) is 0 Å². The zero-order valence-electron chi connectivity index (χ0n) is 11.6. The van der Waals surface area contributed by atoms with E-state index in [0.717, 1.165) is 32.5 Å². The van der Waals surface area contributed by atoms with E-state index in [-0.39, 0.29) is 10.6 Å². The number of halogens is 1. The van der Waals surface area contributed by atoms with Gasteiger partial charge in [0.2, 0.25) is 0 Å². The average molecular weight is 298 g/mol. The molecular formula is C14H20ClN3O2. The predicted molar refractivity (Wildman–Crippen MR) is 81.6 cm³/mol. The van der Waals surface area contributed by atoms with E-state index < -0.39 is 0 Å². The van der Waals surface area contributed by atoms with Crippen LogP contribution in [0.3, 0.4) is 0 Å². The maximum atomic E-state index is 11.1. The van der Waals surface area contributed by atoms with Crippen LogP contribution in [0.15, 0.2) is 18.2 Å². The van der Waals surface area contributed by atoms with E-state index in [9.17, 15) is 10.1 Å². The third-order valence-corrected chi connectivity index (χ3v) is 4.13. The third-order valence-electron chi connectivity index (χ3n) is 3.89. The second-order valence-electron chi connectivity index (χ2n) is 5.21. The third kappa shape index (κ3) is 3.61. The molecule has 0 amide bonds. The second-order valence-corrected chi connectivity index (χ2v) is 5.65. The molecule has 1 heterocycles. The van der Waals surface area contributed by atoms with Crippen molar-refractivity contribution in [2.24, 2.45) is 5.92 Å². The van der Waals surface area contributed by atoms with Gasteiger partial charge in [-0.25, -0.2) is 0 Å². The van der Waals surface area contributed by atoms with Gasteiger partial charge >= 0.3 is 0 Å². The van der Waals surface area contributed by atoms with Crippen LogP contribution in [-0.2, 0) is 0 Å². The number of rotatable bonds is 5. The lowest BCUT2D eigenvalue weighted by atomic mass is 9.93. The van der Waals surface area contributed by atoms with Gasteiger partial charge in [-0.15, -0.1) is 0 Å². The Morgan fingerprint density at radius 3 is 2.75 bits per heavy atom. The summed E-state index contributed by atoms with van der Waals surface area (Å²) in [5, 5.41) is 14.7. The zero-order chi connectivity index (χ0) is 14.5. The van der Waals surface area contributed by atoms with Crippen LogP contribution in [0.1, 0.15) is 19.3 Å². The van der Waals surface area contributed by atoms with E-state index in [2.05, 4.69) is 10.2 Å². The molecule has 1 aliphatic rings. The Kier molecular flexibility index (Phi) is 5.20. The lowest BCUT2D eigenvalue weighted by Crippen LogP contribution is -2.34. The maximum absolute atomic E-state index is 11.1. The minimum Gasteiger partial charge on any atom is -0.366 e. The van der Waals surface area contributed by atoms with Crippen LogP contribution in [0.5, 0.6) is 0 Å². The molecule has 0 spiro atoms. The molecular weight excluding hydrogens is 278 g/mol. The Bertz CT molecular complexity index is 473. The molecule has 0 radical (unpaired) electrons. The molecule has 0 saturated carbocycles. The molecule has 1 aliphatic heterocycles. The van der Waals surface area contributed by atoms with Gasteiger partial charge in [-0.2, -0.15) is 0 Å². The Morgan fingerprint density at radius 2 is 2.15 bits per heavy atom. The highest BCUT2D eigenvalue weighted by molar-refractivity contribution is 6.30. The van der Waals surface area contributed by atoms with Gasteiger partial charge in [-0.05, 0) is 50.9 Å². The number of anilines is 1. The van der Waals surface area contributed by atoms with Crippen molar-refractivity contribution in [3.63, 3.8) is 0 Å². The average Bonchev–Trinajstić information content (AvgIpc) is 2.45. The van der Waals surface area contributed by atoms with Crippen LogP contribution in [0.2, 0.25) is 5.02 Å². The van der Waals surface area contributed by atoms with Crippen molar-refractivity contribution < 1.29 is 4.92 Å². The Hall–Kier alpha value is -1.33.